The Kier molecular flexibility index (Phi) is 3.28. The first-order valence-electron chi connectivity index (χ1n) is 6.67. The average Bonchev–Trinajstić information content (AvgIpc) is 2.90. The molecule has 94 valence electrons. The fraction of sp³-hybridized carbons (Fsp3) is 0.167. The average molecular weight is 248 g/mol. The standard InChI is InChI=1S/C18H16O/c19-18(11-10-14-6-2-1-3-7-14)17-12-15-8-4-5-9-16(15)13-17/h1-11,17H,12-13H2/b11-10+. The van der Waals surface area contributed by atoms with Crippen LogP contribution in [0.5, 0.6) is 0 Å². The number of carbonyl (C=O) groups is 1. The minimum absolute atomic E-state index is 0.123. The fourth-order valence-electron chi connectivity index (χ4n) is 2.64. The Bertz CT molecular complexity index is 586. The number of hydrogen-bond acceptors (Lipinski definition) is 1. The molecule has 0 aliphatic heterocycles. The molecule has 1 aliphatic rings. The lowest BCUT2D eigenvalue weighted by molar-refractivity contribution is -0.117. The molecule has 0 atom stereocenters. The van der Waals surface area contributed by atoms with E-state index in [0.717, 1.165) is 18.4 Å². The van der Waals surface area contributed by atoms with Gasteiger partial charge in [-0.25, -0.2) is 0 Å². The number of rotatable bonds is 3. The molecule has 0 amide bonds. The molecule has 0 radical (unpaired) electrons. The monoisotopic (exact) mass is 248 g/mol. The lowest BCUT2D eigenvalue weighted by Crippen LogP contribution is -2.11. The van der Waals surface area contributed by atoms with Gasteiger partial charge in [-0.3, -0.25) is 4.79 Å². The number of allylic oxidation sites excluding steroid dienone is 1. The van der Waals surface area contributed by atoms with Crippen LogP contribution in [-0.2, 0) is 17.6 Å². The van der Waals surface area contributed by atoms with E-state index in [1.807, 2.05) is 48.5 Å². The highest BCUT2D eigenvalue weighted by Gasteiger charge is 2.25. The smallest absolute Gasteiger partial charge is 0.159 e. The minimum atomic E-state index is 0.123. The van der Waals surface area contributed by atoms with E-state index in [1.54, 1.807) is 6.08 Å². The molecule has 3 rings (SSSR count). The summed E-state index contributed by atoms with van der Waals surface area (Å²) >= 11 is 0. The first-order valence-corrected chi connectivity index (χ1v) is 6.67. The van der Waals surface area contributed by atoms with Gasteiger partial charge in [0.05, 0.1) is 0 Å². The predicted octanol–water partition coefficient (Wildman–Crippen LogP) is 3.68. The van der Waals surface area contributed by atoms with Gasteiger partial charge in [-0.1, -0.05) is 60.7 Å². The molecular formula is C18H16O. The summed E-state index contributed by atoms with van der Waals surface area (Å²) in [6, 6.07) is 18.3. The van der Waals surface area contributed by atoms with Crippen molar-refractivity contribution in [3.63, 3.8) is 0 Å². The second-order valence-electron chi connectivity index (χ2n) is 5.02. The lowest BCUT2D eigenvalue weighted by atomic mass is 10.00. The van der Waals surface area contributed by atoms with E-state index < -0.39 is 0 Å². The number of hydrogen-bond donors (Lipinski definition) is 0. The van der Waals surface area contributed by atoms with Crippen LogP contribution in [0.2, 0.25) is 0 Å². The summed E-state index contributed by atoms with van der Waals surface area (Å²) in [6.45, 7) is 0. The van der Waals surface area contributed by atoms with Crippen molar-refractivity contribution in [1.82, 2.24) is 0 Å². The van der Waals surface area contributed by atoms with Crippen molar-refractivity contribution in [2.24, 2.45) is 5.92 Å². The van der Waals surface area contributed by atoms with Crippen LogP contribution in [-0.4, -0.2) is 5.78 Å². The van der Waals surface area contributed by atoms with Crippen molar-refractivity contribution >= 4 is 11.9 Å². The molecule has 19 heavy (non-hydrogen) atoms. The molecule has 0 bridgehead atoms. The van der Waals surface area contributed by atoms with Crippen LogP contribution in [0.25, 0.3) is 6.08 Å². The van der Waals surface area contributed by atoms with Crippen molar-refractivity contribution in [2.75, 3.05) is 0 Å². The Morgan fingerprint density at radius 2 is 1.47 bits per heavy atom. The summed E-state index contributed by atoms with van der Waals surface area (Å²) in [6.07, 6.45) is 5.40. The van der Waals surface area contributed by atoms with Gasteiger partial charge in [-0.15, -0.1) is 0 Å². The molecule has 0 N–H and O–H groups in total. The molecule has 1 heteroatoms. The van der Waals surface area contributed by atoms with Crippen molar-refractivity contribution in [3.05, 3.63) is 77.4 Å². The summed E-state index contributed by atoms with van der Waals surface area (Å²) in [5.74, 6) is 0.359. The van der Waals surface area contributed by atoms with Crippen molar-refractivity contribution in [2.45, 2.75) is 12.8 Å². The van der Waals surface area contributed by atoms with Crippen LogP contribution in [0.1, 0.15) is 16.7 Å². The molecule has 0 aromatic heterocycles. The topological polar surface area (TPSA) is 17.1 Å². The van der Waals surface area contributed by atoms with E-state index in [0.29, 0.717) is 0 Å². The van der Waals surface area contributed by atoms with Gasteiger partial charge in [0.25, 0.3) is 0 Å². The SMILES string of the molecule is O=C(/C=C/c1ccccc1)C1Cc2ccccc2C1. The molecule has 0 heterocycles. The predicted molar refractivity (Wildman–Crippen MR) is 77.8 cm³/mol. The maximum atomic E-state index is 12.2. The van der Waals surface area contributed by atoms with Crippen LogP contribution >= 0.6 is 0 Å². The number of fused-ring (bicyclic) bond motifs is 1. The van der Waals surface area contributed by atoms with E-state index in [1.165, 1.54) is 11.1 Å². The van der Waals surface area contributed by atoms with Crippen molar-refractivity contribution < 1.29 is 4.79 Å². The minimum Gasteiger partial charge on any atom is -0.295 e. The van der Waals surface area contributed by atoms with Gasteiger partial charge < -0.3 is 0 Å². The van der Waals surface area contributed by atoms with E-state index in [-0.39, 0.29) is 11.7 Å². The molecule has 1 nitrogen and oxygen atoms in total. The van der Waals surface area contributed by atoms with Crippen LogP contribution in [0.4, 0.5) is 0 Å². The Balaban J connectivity index is 1.69. The summed E-state index contributed by atoms with van der Waals surface area (Å²) in [5.41, 5.74) is 3.73. The first-order chi connectivity index (χ1) is 9.33. The Hall–Kier alpha value is -2.15. The summed E-state index contributed by atoms with van der Waals surface area (Å²) < 4.78 is 0. The van der Waals surface area contributed by atoms with Crippen LogP contribution in [0.15, 0.2) is 60.7 Å². The quantitative estimate of drug-likeness (QED) is 0.757. The Morgan fingerprint density at radius 3 is 2.11 bits per heavy atom. The maximum Gasteiger partial charge on any atom is 0.159 e. The van der Waals surface area contributed by atoms with Gasteiger partial charge in [-0.05, 0) is 35.6 Å². The van der Waals surface area contributed by atoms with Crippen LogP contribution in [0, 0.1) is 5.92 Å². The van der Waals surface area contributed by atoms with Gasteiger partial charge in [0.1, 0.15) is 0 Å². The van der Waals surface area contributed by atoms with E-state index in [4.69, 9.17) is 0 Å². The molecule has 0 spiro atoms. The molecular weight excluding hydrogens is 232 g/mol. The normalized spacial score (nSPS) is 14.7. The first kappa shape index (κ1) is 11.9. The fourth-order valence-corrected chi connectivity index (χ4v) is 2.64. The maximum absolute atomic E-state index is 12.2. The summed E-state index contributed by atoms with van der Waals surface area (Å²) in [7, 11) is 0. The summed E-state index contributed by atoms with van der Waals surface area (Å²) in [5, 5.41) is 0. The zero-order chi connectivity index (χ0) is 13.1. The number of carbonyl (C=O) groups excluding carboxylic acids is 1. The second-order valence-corrected chi connectivity index (χ2v) is 5.02. The molecule has 0 saturated carbocycles. The molecule has 2 aromatic rings. The number of benzene rings is 2. The van der Waals surface area contributed by atoms with E-state index in [9.17, 15) is 4.79 Å². The highest BCUT2D eigenvalue weighted by atomic mass is 16.1. The molecule has 1 aliphatic carbocycles. The molecule has 2 aromatic carbocycles. The van der Waals surface area contributed by atoms with Gasteiger partial charge in [0, 0.05) is 5.92 Å². The zero-order valence-corrected chi connectivity index (χ0v) is 10.8. The van der Waals surface area contributed by atoms with Gasteiger partial charge >= 0.3 is 0 Å². The highest BCUT2D eigenvalue weighted by molar-refractivity contribution is 5.96. The third kappa shape index (κ3) is 2.65. The van der Waals surface area contributed by atoms with Gasteiger partial charge in [-0.2, -0.15) is 0 Å². The van der Waals surface area contributed by atoms with Crippen LogP contribution in [0.3, 0.4) is 0 Å². The lowest BCUT2D eigenvalue weighted by Gasteiger charge is -2.03. The van der Waals surface area contributed by atoms with E-state index in [2.05, 4.69) is 12.1 Å². The number of ketones is 1. The van der Waals surface area contributed by atoms with Gasteiger partial charge in [0.15, 0.2) is 5.78 Å². The Labute approximate surface area is 113 Å². The third-order valence-electron chi connectivity index (χ3n) is 3.69. The summed E-state index contributed by atoms with van der Waals surface area (Å²) in [4.78, 5) is 12.2. The van der Waals surface area contributed by atoms with E-state index >= 15 is 0 Å². The third-order valence-corrected chi connectivity index (χ3v) is 3.69. The molecule has 0 fully saturated rings. The van der Waals surface area contributed by atoms with Crippen molar-refractivity contribution in [1.29, 1.82) is 0 Å². The zero-order valence-electron chi connectivity index (χ0n) is 10.8. The molecule has 0 saturated heterocycles. The van der Waals surface area contributed by atoms with Crippen LogP contribution < -0.4 is 0 Å². The highest BCUT2D eigenvalue weighted by Crippen LogP contribution is 2.27. The Morgan fingerprint density at radius 1 is 0.895 bits per heavy atom. The van der Waals surface area contributed by atoms with Gasteiger partial charge in [0.2, 0.25) is 0 Å². The second kappa shape index (κ2) is 5.23. The molecule has 0 unspecified atom stereocenters. The van der Waals surface area contributed by atoms with Crippen molar-refractivity contribution in [3.8, 4) is 0 Å². The largest absolute Gasteiger partial charge is 0.295 e.